The summed E-state index contributed by atoms with van der Waals surface area (Å²) < 4.78 is 26.2. The lowest BCUT2D eigenvalue weighted by atomic mass is 10.1. The van der Waals surface area contributed by atoms with Crippen LogP contribution >= 0.6 is 0 Å². The van der Waals surface area contributed by atoms with Crippen molar-refractivity contribution in [3.63, 3.8) is 0 Å². The second kappa shape index (κ2) is 7.62. The minimum absolute atomic E-state index is 0.0975. The summed E-state index contributed by atoms with van der Waals surface area (Å²) in [6, 6.07) is 4.68. The zero-order valence-corrected chi connectivity index (χ0v) is 12.7. The summed E-state index contributed by atoms with van der Waals surface area (Å²) >= 11 is 0. The molecule has 23 heavy (non-hydrogen) atoms. The Morgan fingerprint density at radius 1 is 1.26 bits per heavy atom. The van der Waals surface area contributed by atoms with Crippen LogP contribution in [0.3, 0.4) is 0 Å². The van der Waals surface area contributed by atoms with Crippen LogP contribution < -0.4 is 10.9 Å². The molecular formula is C16H17F2N3O2. The fourth-order valence-corrected chi connectivity index (χ4v) is 2.14. The number of carbonyl (C=O) groups is 1. The second-order valence-electron chi connectivity index (χ2n) is 5.17. The summed E-state index contributed by atoms with van der Waals surface area (Å²) in [4.78, 5) is 29.7. The number of carbonyl (C=O) groups excluding carboxylic acids is 1. The zero-order chi connectivity index (χ0) is 16.8. The monoisotopic (exact) mass is 321 g/mol. The van der Waals surface area contributed by atoms with Gasteiger partial charge in [0.05, 0.1) is 0 Å². The van der Waals surface area contributed by atoms with Crippen LogP contribution in [0.15, 0.2) is 29.1 Å². The summed E-state index contributed by atoms with van der Waals surface area (Å²) in [7, 11) is 0. The highest BCUT2D eigenvalue weighted by Crippen LogP contribution is 2.11. The van der Waals surface area contributed by atoms with Crippen molar-refractivity contribution in [1.82, 2.24) is 15.3 Å². The predicted molar refractivity (Wildman–Crippen MR) is 81.0 cm³/mol. The maximum absolute atomic E-state index is 13.4. The number of benzene rings is 1. The van der Waals surface area contributed by atoms with Gasteiger partial charge in [0.15, 0.2) is 0 Å². The number of rotatable bonds is 6. The number of aromatic nitrogens is 2. The van der Waals surface area contributed by atoms with E-state index in [1.807, 2.05) is 0 Å². The topological polar surface area (TPSA) is 74.8 Å². The van der Waals surface area contributed by atoms with E-state index in [1.165, 1.54) is 12.1 Å². The van der Waals surface area contributed by atoms with Gasteiger partial charge < -0.3 is 10.3 Å². The van der Waals surface area contributed by atoms with E-state index in [-0.39, 0.29) is 24.3 Å². The molecule has 0 aliphatic rings. The third-order valence-electron chi connectivity index (χ3n) is 3.24. The molecule has 1 heterocycles. The van der Waals surface area contributed by atoms with E-state index in [2.05, 4.69) is 15.3 Å². The lowest BCUT2D eigenvalue weighted by molar-refractivity contribution is -0.121. The van der Waals surface area contributed by atoms with Crippen molar-refractivity contribution >= 4 is 5.91 Å². The van der Waals surface area contributed by atoms with Gasteiger partial charge in [-0.25, -0.2) is 13.8 Å². The fraction of sp³-hybridized carbons (Fsp3) is 0.312. The van der Waals surface area contributed by atoms with Gasteiger partial charge in [0, 0.05) is 37.2 Å². The van der Waals surface area contributed by atoms with Crippen LogP contribution in [0.1, 0.15) is 23.5 Å². The molecule has 2 N–H and O–H groups in total. The summed E-state index contributed by atoms with van der Waals surface area (Å²) in [5.41, 5.74) is 0.679. The summed E-state index contributed by atoms with van der Waals surface area (Å²) in [6.45, 7) is 2.03. The molecule has 2 aromatic rings. The first kappa shape index (κ1) is 16.8. The minimum Gasteiger partial charge on any atom is -0.356 e. The summed E-state index contributed by atoms with van der Waals surface area (Å²) in [6.07, 6.45) is 0.686. The third kappa shape index (κ3) is 5.28. The van der Waals surface area contributed by atoms with E-state index in [0.717, 1.165) is 12.1 Å². The number of aromatic amines is 1. The maximum Gasteiger partial charge on any atom is 0.251 e. The smallest absolute Gasteiger partial charge is 0.251 e. The van der Waals surface area contributed by atoms with Crippen molar-refractivity contribution in [2.75, 3.05) is 6.54 Å². The molecule has 5 nitrogen and oxygen atoms in total. The molecular weight excluding hydrogens is 304 g/mol. The van der Waals surface area contributed by atoms with Gasteiger partial charge in [-0.1, -0.05) is 6.07 Å². The minimum atomic E-state index is -0.653. The van der Waals surface area contributed by atoms with Gasteiger partial charge in [-0.05, 0) is 25.0 Å². The average Bonchev–Trinajstić information content (AvgIpc) is 2.45. The number of H-pyrrole nitrogens is 1. The van der Waals surface area contributed by atoms with Gasteiger partial charge in [-0.3, -0.25) is 9.59 Å². The molecule has 0 saturated heterocycles. The van der Waals surface area contributed by atoms with Gasteiger partial charge in [0.2, 0.25) is 5.91 Å². The first-order valence-corrected chi connectivity index (χ1v) is 7.21. The number of nitrogens with zero attached hydrogens (tertiary/aromatic N) is 1. The van der Waals surface area contributed by atoms with Crippen molar-refractivity contribution in [3.8, 4) is 0 Å². The van der Waals surface area contributed by atoms with E-state index >= 15 is 0 Å². The normalized spacial score (nSPS) is 10.6. The number of nitrogens with one attached hydrogen (secondary N) is 2. The summed E-state index contributed by atoms with van der Waals surface area (Å²) in [5.74, 6) is -1.04. The predicted octanol–water partition coefficient (Wildman–Crippen LogP) is 1.65. The number of amides is 1. The Hall–Kier alpha value is -2.57. The van der Waals surface area contributed by atoms with Crippen molar-refractivity contribution in [3.05, 3.63) is 63.3 Å². The zero-order valence-electron chi connectivity index (χ0n) is 12.7. The molecule has 0 atom stereocenters. The molecule has 2 rings (SSSR count). The summed E-state index contributed by atoms with van der Waals surface area (Å²) in [5, 5.41) is 2.67. The average molecular weight is 321 g/mol. The van der Waals surface area contributed by atoms with Crippen LogP contribution in [-0.4, -0.2) is 22.4 Å². The van der Waals surface area contributed by atoms with Crippen molar-refractivity contribution in [1.29, 1.82) is 0 Å². The molecule has 7 heteroatoms. The molecule has 0 unspecified atom stereocenters. The Labute approximate surface area is 131 Å². The van der Waals surface area contributed by atoms with Crippen molar-refractivity contribution in [2.24, 2.45) is 0 Å². The molecule has 0 spiro atoms. The first-order valence-electron chi connectivity index (χ1n) is 7.21. The molecule has 0 aliphatic carbocycles. The molecule has 0 aliphatic heterocycles. The largest absolute Gasteiger partial charge is 0.356 e. The van der Waals surface area contributed by atoms with E-state index in [4.69, 9.17) is 0 Å². The standard InChI is InChI=1S/C16H17F2N3O2/c1-10-8-16(23)21-14(20-10)6-7-19-15(22)5-3-11-2-4-12(17)9-13(11)18/h2,4,8-9H,3,5-7H2,1H3,(H,19,22)(H,20,21,23). The SMILES string of the molecule is Cc1cc(=O)[nH]c(CCNC(=O)CCc2ccc(F)cc2F)n1. The third-order valence-corrected chi connectivity index (χ3v) is 3.24. The molecule has 0 radical (unpaired) electrons. The molecule has 0 fully saturated rings. The molecule has 0 saturated carbocycles. The molecule has 0 bridgehead atoms. The van der Waals surface area contributed by atoms with Gasteiger partial charge >= 0.3 is 0 Å². The highest BCUT2D eigenvalue weighted by molar-refractivity contribution is 5.76. The lowest BCUT2D eigenvalue weighted by Gasteiger charge is -2.06. The number of aryl methyl sites for hydroxylation is 2. The van der Waals surface area contributed by atoms with Crippen molar-refractivity contribution in [2.45, 2.75) is 26.2 Å². The van der Waals surface area contributed by atoms with E-state index in [9.17, 15) is 18.4 Å². The number of halogens is 2. The van der Waals surface area contributed by atoms with Gasteiger partial charge in [-0.2, -0.15) is 0 Å². The van der Waals surface area contributed by atoms with E-state index in [1.54, 1.807) is 6.92 Å². The fourth-order valence-electron chi connectivity index (χ4n) is 2.14. The Kier molecular flexibility index (Phi) is 5.56. The Morgan fingerprint density at radius 3 is 2.74 bits per heavy atom. The molecule has 122 valence electrons. The Bertz CT molecular complexity index is 759. The van der Waals surface area contributed by atoms with Crippen molar-refractivity contribution < 1.29 is 13.6 Å². The van der Waals surface area contributed by atoms with Crippen LogP contribution in [0.2, 0.25) is 0 Å². The Morgan fingerprint density at radius 2 is 2.04 bits per heavy atom. The van der Waals surface area contributed by atoms with Gasteiger partial charge in [0.1, 0.15) is 17.5 Å². The quantitative estimate of drug-likeness (QED) is 0.849. The first-order chi connectivity index (χ1) is 10.9. The number of hydrogen-bond acceptors (Lipinski definition) is 3. The van der Waals surface area contributed by atoms with Crippen LogP contribution in [-0.2, 0) is 17.6 Å². The molecule has 1 amide bonds. The highest BCUT2D eigenvalue weighted by atomic mass is 19.1. The second-order valence-corrected chi connectivity index (χ2v) is 5.17. The van der Waals surface area contributed by atoms with Crippen LogP contribution in [0, 0.1) is 18.6 Å². The maximum atomic E-state index is 13.4. The number of hydrogen-bond donors (Lipinski definition) is 2. The van der Waals surface area contributed by atoms with Gasteiger partial charge in [-0.15, -0.1) is 0 Å². The molecule has 1 aromatic heterocycles. The van der Waals surface area contributed by atoms with Crippen LogP contribution in [0.5, 0.6) is 0 Å². The van der Waals surface area contributed by atoms with Gasteiger partial charge in [0.25, 0.3) is 5.56 Å². The van der Waals surface area contributed by atoms with E-state index in [0.29, 0.717) is 30.0 Å². The Balaban J connectivity index is 1.78. The lowest BCUT2D eigenvalue weighted by Crippen LogP contribution is -2.27. The van der Waals surface area contributed by atoms with Crippen LogP contribution in [0.4, 0.5) is 8.78 Å². The highest BCUT2D eigenvalue weighted by Gasteiger charge is 2.07. The van der Waals surface area contributed by atoms with E-state index < -0.39 is 11.6 Å². The van der Waals surface area contributed by atoms with Crippen LogP contribution in [0.25, 0.3) is 0 Å². The molecule has 1 aromatic carbocycles.